The normalized spacial score (nSPS) is 26.7. The van der Waals surface area contributed by atoms with E-state index in [1.165, 1.54) is 19.3 Å². The van der Waals surface area contributed by atoms with Crippen LogP contribution in [-0.4, -0.2) is 24.6 Å². The third kappa shape index (κ3) is 1.77. The standard InChI is InChI=1S/C10H17N3S/c1-13(10-12-5-6-14-10)9-4-2-3-8(9)7-11/h5-6,8-9H,2-4,7,11H2,1H3. The maximum Gasteiger partial charge on any atom is 0.185 e. The van der Waals surface area contributed by atoms with Gasteiger partial charge in [0.15, 0.2) is 5.13 Å². The van der Waals surface area contributed by atoms with Crippen molar-refractivity contribution in [2.45, 2.75) is 25.3 Å². The molecule has 0 amide bonds. The van der Waals surface area contributed by atoms with E-state index in [4.69, 9.17) is 5.73 Å². The molecule has 0 bridgehead atoms. The van der Waals surface area contributed by atoms with Gasteiger partial charge in [0.05, 0.1) is 0 Å². The molecule has 14 heavy (non-hydrogen) atoms. The van der Waals surface area contributed by atoms with Gasteiger partial charge in [-0.2, -0.15) is 0 Å². The number of rotatable bonds is 3. The quantitative estimate of drug-likeness (QED) is 0.827. The van der Waals surface area contributed by atoms with Crippen LogP contribution in [0.3, 0.4) is 0 Å². The molecule has 1 fully saturated rings. The summed E-state index contributed by atoms with van der Waals surface area (Å²) in [4.78, 5) is 6.63. The number of nitrogens with two attached hydrogens (primary N) is 1. The molecule has 2 unspecified atom stereocenters. The summed E-state index contributed by atoms with van der Waals surface area (Å²) in [6.07, 6.45) is 5.71. The van der Waals surface area contributed by atoms with E-state index in [0.29, 0.717) is 12.0 Å². The molecular weight excluding hydrogens is 194 g/mol. The van der Waals surface area contributed by atoms with Crippen LogP contribution in [-0.2, 0) is 0 Å². The van der Waals surface area contributed by atoms with Crippen molar-refractivity contribution >= 4 is 16.5 Å². The van der Waals surface area contributed by atoms with Crippen LogP contribution < -0.4 is 10.6 Å². The van der Waals surface area contributed by atoms with E-state index in [9.17, 15) is 0 Å². The first-order valence-electron chi connectivity index (χ1n) is 5.15. The molecule has 1 aromatic heterocycles. The highest BCUT2D eigenvalue weighted by Gasteiger charge is 2.30. The Hall–Kier alpha value is -0.610. The Morgan fingerprint density at radius 3 is 3.14 bits per heavy atom. The highest BCUT2D eigenvalue weighted by molar-refractivity contribution is 7.13. The fraction of sp³-hybridized carbons (Fsp3) is 0.700. The van der Waals surface area contributed by atoms with Crippen LogP contribution in [0.4, 0.5) is 5.13 Å². The van der Waals surface area contributed by atoms with Crippen molar-refractivity contribution in [3.63, 3.8) is 0 Å². The Balaban J connectivity index is 2.07. The SMILES string of the molecule is CN(c1nccs1)C1CCCC1CN. The third-order valence-corrected chi connectivity index (χ3v) is 4.00. The molecule has 0 aliphatic heterocycles. The maximum atomic E-state index is 5.77. The fourth-order valence-corrected chi connectivity index (χ4v) is 3.00. The lowest BCUT2D eigenvalue weighted by molar-refractivity contribution is 0.474. The summed E-state index contributed by atoms with van der Waals surface area (Å²) >= 11 is 1.70. The van der Waals surface area contributed by atoms with Crippen LogP contribution in [0.1, 0.15) is 19.3 Å². The van der Waals surface area contributed by atoms with Gasteiger partial charge in [-0.1, -0.05) is 6.42 Å². The second-order valence-electron chi connectivity index (χ2n) is 3.92. The molecule has 78 valence electrons. The Morgan fingerprint density at radius 2 is 2.50 bits per heavy atom. The summed E-state index contributed by atoms with van der Waals surface area (Å²) in [6, 6.07) is 0.603. The second-order valence-corrected chi connectivity index (χ2v) is 4.79. The summed E-state index contributed by atoms with van der Waals surface area (Å²) in [5.41, 5.74) is 5.77. The molecule has 3 nitrogen and oxygen atoms in total. The van der Waals surface area contributed by atoms with Crippen molar-refractivity contribution in [1.82, 2.24) is 4.98 Å². The molecule has 2 atom stereocenters. The van der Waals surface area contributed by atoms with E-state index in [0.717, 1.165) is 11.7 Å². The Bertz CT molecular complexity index is 273. The number of aromatic nitrogens is 1. The van der Waals surface area contributed by atoms with E-state index in [1.54, 1.807) is 11.3 Å². The molecule has 1 heterocycles. The van der Waals surface area contributed by atoms with Crippen LogP contribution in [0.2, 0.25) is 0 Å². The Labute approximate surface area is 88.9 Å². The van der Waals surface area contributed by atoms with Gasteiger partial charge in [0.1, 0.15) is 0 Å². The smallest absolute Gasteiger partial charge is 0.185 e. The first-order chi connectivity index (χ1) is 6.83. The van der Waals surface area contributed by atoms with E-state index in [-0.39, 0.29) is 0 Å². The van der Waals surface area contributed by atoms with Gasteiger partial charge in [-0.25, -0.2) is 4.98 Å². The van der Waals surface area contributed by atoms with Crippen molar-refractivity contribution in [2.75, 3.05) is 18.5 Å². The molecule has 0 radical (unpaired) electrons. The zero-order chi connectivity index (χ0) is 9.97. The van der Waals surface area contributed by atoms with Gasteiger partial charge in [0, 0.05) is 24.7 Å². The topological polar surface area (TPSA) is 42.2 Å². The molecule has 1 aliphatic rings. The predicted octanol–water partition coefficient (Wildman–Crippen LogP) is 1.71. The number of hydrogen-bond acceptors (Lipinski definition) is 4. The average Bonchev–Trinajstić information content (AvgIpc) is 2.87. The number of anilines is 1. The summed E-state index contributed by atoms with van der Waals surface area (Å²) in [5.74, 6) is 0.656. The molecule has 2 N–H and O–H groups in total. The highest BCUT2D eigenvalue weighted by Crippen LogP contribution is 2.32. The third-order valence-electron chi connectivity index (χ3n) is 3.14. The van der Waals surface area contributed by atoms with Crippen LogP contribution in [0.25, 0.3) is 0 Å². The fourth-order valence-electron chi connectivity index (χ4n) is 2.33. The largest absolute Gasteiger partial charge is 0.348 e. The highest BCUT2D eigenvalue weighted by atomic mass is 32.1. The average molecular weight is 211 g/mol. The number of hydrogen-bond donors (Lipinski definition) is 1. The van der Waals surface area contributed by atoms with Crippen molar-refractivity contribution < 1.29 is 0 Å². The lowest BCUT2D eigenvalue weighted by Crippen LogP contribution is -2.37. The van der Waals surface area contributed by atoms with Crippen LogP contribution >= 0.6 is 11.3 Å². The number of nitrogens with zero attached hydrogens (tertiary/aromatic N) is 2. The molecule has 1 saturated carbocycles. The Kier molecular flexibility index (Phi) is 3.03. The molecular formula is C10H17N3S. The van der Waals surface area contributed by atoms with E-state index in [1.807, 2.05) is 11.6 Å². The predicted molar refractivity (Wildman–Crippen MR) is 60.7 cm³/mol. The monoisotopic (exact) mass is 211 g/mol. The molecule has 1 aromatic rings. The molecule has 4 heteroatoms. The van der Waals surface area contributed by atoms with Gasteiger partial charge >= 0.3 is 0 Å². The first kappa shape index (κ1) is 9.93. The minimum atomic E-state index is 0.603. The zero-order valence-electron chi connectivity index (χ0n) is 8.52. The van der Waals surface area contributed by atoms with Gasteiger partial charge in [0.25, 0.3) is 0 Å². The maximum absolute atomic E-state index is 5.77. The van der Waals surface area contributed by atoms with Gasteiger partial charge in [-0.3, -0.25) is 0 Å². The lowest BCUT2D eigenvalue weighted by atomic mass is 10.0. The summed E-state index contributed by atoms with van der Waals surface area (Å²) in [6.45, 7) is 0.806. The van der Waals surface area contributed by atoms with Gasteiger partial charge < -0.3 is 10.6 Å². The lowest BCUT2D eigenvalue weighted by Gasteiger charge is -2.28. The molecule has 1 aliphatic carbocycles. The summed E-state index contributed by atoms with van der Waals surface area (Å²) in [7, 11) is 2.14. The zero-order valence-corrected chi connectivity index (χ0v) is 9.33. The first-order valence-corrected chi connectivity index (χ1v) is 6.03. The molecule has 2 rings (SSSR count). The van der Waals surface area contributed by atoms with Crippen LogP contribution in [0.15, 0.2) is 11.6 Å². The van der Waals surface area contributed by atoms with Crippen molar-refractivity contribution in [3.05, 3.63) is 11.6 Å². The minimum absolute atomic E-state index is 0.603. The summed E-state index contributed by atoms with van der Waals surface area (Å²) in [5, 5.41) is 3.15. The van der Waals surface area contributed by atoms with Gasteiger partial charge in [-0.05, 0) is 25.3 Å². The molecule has 0 saturated heterocycles. The van der Waals surface area contributed by atoms with Crippen molar-refractivity contribution in [3.8, 4) is 0 Å². The van der Waals surface area contributed by atoms with Gasteiger partial charge in [-0.15, -0.1) is 11.3 Å². The molecule has 0 aromatic carbocycles. The van der Waals surface area contributed by atoms with E-state index in [2.05, 4.69) is 16.9 Å². The van der Waals surface area contributed by atoms with E-state index < -0.39 is 0 Å². The van der Waals surface area contributed by atoms with Crippen LogP contribution in [0.5, 0.6) is 0 Å². The summed E-state index contributed by atoms with van der Waals surface area (Å²) < 4.78 is 0. The minimum Gasteiger partial charge on any atom is -0.348 e. The van der Waals surface area contributed by atoms with Crippen molar-refractivity contribution in [1.29, 1.82) is 0 Å². The van der Waals surface area contributed by atoms with E-state index >= 15 is 0 Å². The van der Waals surface area contributed by atoms with Gasteiger partial charge in [0.2, 0.25) is 0 Å². The van der Waals surface area contributed by atoms with Crippen LogP contribution in [0, 0.1) is 5.92 Å². The Morgan fingerprint density at radius 1 is 1.64 bits per heavy atom. The molecule has 0 spiro atoms. The van der Waals surface area contributed by atoms with Crippen molar-refractivity contribution in [2.24, 2.45) is 11.7 Å². The second kappa shape index (κ2) is 4.28. The number of thiazole rings is 1.